The van der Waals surface area contributed by atoms with E-state index in [2.05, 4.69) is 5.32 Å². The number of methoxy groups -OCH3 is 1. The molecule has 1 aliphatic heterocycles. The minimum Gasteiger partial charge on any atom is -0.496 e. The third kappa shape index (κ3) is 3.51. The van der Waals surface area contributed by atoms with E-state index in [1.54, 1.807) is 25.3 Å². The van der Waals surface area contributed by atoms with Crippen LogP contribution in [0.2, 0.25) is 0 Å². The van der Waals surface area contributed by atoms with E-state index in [4.69, 9.17) is 9.47 Å². The SMILES string of the molecule is COc1ccccc1CC(=O)Oc1ccc2c(c1)CCC(=O)N2. The van der Waals surface area contributed by atoms with Crippen LogP contribution in [0.1, 0.15) is 17.5 Å². The first-order chi connectivity index (χ1) is 11.2. The van der Waals surface area contributed by atoms with Crippen molar-refractivity contribution in [2.45, 2.75) is 19.3 Å². The van der Waals surface area contributed by atoms with Gasteiger partial charge in [0.05, 0.1) is 13.5 Å². The molecule has 118 valence electrons. The van der Waals surface area contributed by atoms with Gasteiger partial charge < -0.3 is 14.8 Å². The summed E-state index contributed by atoms with van der Waals surface area (Å²) in [6.07, 6.45) is 1.24. The van der Waals surface area contributed by atoms with Crippen molar-refractivity contribution in [3.63, 3.8) is 0 Å². The van der Waals surface area contributed by atoms with E-state index < -0.39 is 0 Å². The number of hydrogen-bond acceptors (Lipinski definition) is 4. The van der Waals surface area contributed by atoms with Crippen molar-refractivity contribution in [2.75, 3.05) is 12.4 Å². The number of carbonyl (C=O) groups excluding carboxylic acids is 2. The minimum atomic E-state index is -0.353. The molecule has 0 atom stereocenters. The number of nitrogens with one attached hydrogen (secondary N) is 1. The summed E-state index contributed by atoms with van der Waals surface area (Å²) < 4.78 is 10.6. The molecule has 23 heavy (non-hydrogen) atoms. The molecule has 3 rings (SSSR count). The number of anilines is 1. The van der Waals surface area contributed by atoms with E-state index in [-0.39, 0.29) is 18.3 Å². The number of esters is 1. The summed E-state index contributed by atoms with van der Waals surface area (Å²) in [6, 6.07) is 12.6. The van der Waals surface area contributed by atoms with Crippen LogP contribution in [0.25, 0.3) is 0 Å². The topological polar surface area (TPSA) is 64.6 Å². The summed E-state index contributed by atoms with van der Waals surface area (Å²) in [4.78, 5) is 23.5. The highest BCUT2D eigenvalue weighted by Gasteiger charge is 2.16. The molecule has 5 nitrogen and oxygen atoms in total. The normalized spacial score (nSPS) is 13.0. The lowest BCUT2D eigenvalue weighted by atomic mass is 10.0. The number of ether oxygens (including phenoxy) is 2. The van der Waals surface area contributed by atoms with Crippen molar-refractivity contribution >= 4 is 17.6 Å². The molecule has 0 spiro atoms. The van der Waals surface area contributed by atoms with Gasteiger partial charge in [0.15, 0.2) is 0 Å². The molecule has 1 aliphatic rings. The van der Waals surface area contributed by atoms with Crippen molar-refractivity contribution in [3.05, 3.63) is 53.6 Å². The van der Waals surface area contributed by atoms with E-state index in [0.29, 0.717) is 24.3 Å². The summed E-state index contributed by atoms with van der Waals surface area (Å²) in [5.74, 6) is 0.810. The largest absolute Gasteiger partial charge is 0.496 e. The van der Waals surface area contributed by atoms with E-state index in [1.165, 1.54) is 0 Å². The smallest absolute Gasteiger partial charge is 0.315 e. The highest BCUT2D eigenvalue weighted by Crippen LogP contribution is 2.27. The highest BCUT2D eigenvalue weighted by molar-refractivity contribution is 5.94. The Hall–Kier alpha value is -2.82. The number of hydrogen-bond donors (Lipinski definition) is 1. The van der Waals surface area contributed by atoms with Gasteiger partial charge in [-0.3, -0.25) is 9.59 Å². The molecule has 0 fully saturated rings. The second kappa shape index (κ2) is 6.52. The van der Waals surface area contributed by atoms with Crippen LogP contribution >= 0.6 is 0 Å². The number of amides is 1. The average molecular weight is 311 g/mol. The number of para-hydroxylation sites is 1. The maximum Gasteiger partial charge on any atom is 0.315 e. The summed E-state index contributed by atoms with van der Waals surface area (Å²) in [5.41, 5.74) is 2.54. The molecule has 0 aromatic heterocycles. The molecule has 2 aromatic carbocycles. The summed E-state index contributed by atoms with van der Waals surface area (Å²) in [5, 5.41) is 2.80. The Labute approximate surface area is 134 Å². The molecule has 1 heterocycles. The van der Waals surface area contributed by atoms with Gasteiger partial charge >= 0.3 is 5.97 Å². The number of fused-ring (bicyclic) bond motifs is 1. The fraction of sp³-hybridized carbons (Fsp3) is 0.222. The van der Waals surface area contributed by atoms with Crippen molar-refractivity contribution in [1.82, 2.24) is 0 Å². The van der Waals surface area contributed by atoms with Gasteiger partial charge in [-0.2, -0.15) is 0 Å². The maximum atomic E-state index is 12.1. The van der Waals surface area contributed by atoms with Crippen molar-refractivity contribution in [1.29, 1.82) is 0 Å². The molecule has 0 aliphatic carbocycles. The van der Waals surface area contributed by atoms with Crippen LogP contribution in [0.5, 0.6) is 11.5 Å². The molecule has 0 saturated heterocycles. The Morgan fingerprint density at radius 2 is 2.00 bits per heavy atom. The zero-order valence-corrected chi connectivity index (χ0v) is 12.8. The highest BCUT2D eigenvalue weighted by atomic mass is 16.5. The van der Waals surface area contributed by atoms with Gasteiger partial charge in [0.1, 0.15) is 11.5 Å². The molecule has 2 aromatic rings. The molecular formula is C18H17NO4. The lowest BCUT2D eigenvalue weighted by Gasteiger charge is -2.17. The van der Waals surface area contributed by atoms with Gasteiger partial charge in [-0.25, -0.2) is 0 Å². The first-order valence-corrected chi connectivity index (χ1v) is 7.41. The van der Waals surface area contributed by atoms with E-state index in [1.807, 2.05) is 24.3 Å². The number of benzene rings is 2. The first kappa shape index (κ1) is 15.1. The zero-order valence-electron chi connectivity index (χ0n) is 12.8. The molecule has 5 heteroatoms. The Bertz CT molecular complexity index is 754. The summed E-state index contributed by atoms with van der Waals surface area (Å²) in [6.45, 7) is 0. The number of carbonyl (C=O) groups is 2. The van der Waals surface area contributed by atoms with Crippen molar-refractivity contribution < 1.29 is 19.1 Å². The van der Waals surface area contributed by atoms with E-state index >= 15 is 0 Å². The second-order valence-electron chi connectivity index (χ2n) is 5.33. The maximum absolute atomic E-state index is 12.1. The van der Waals surface area contributed by atoms with Crippen LogP contribution in [0.3, 0.4) is 0 Å². The number of rotatable bonds is 4. The fourth-order valence-corrected chi connectivity index (χ4v) is 2.60. The predicted octanol–water partition coefficient (Wildman–Crippen LogP) is 2.73. The second-order valence-corrected chi connectivity index (χ2v) is 5.33. The van der Waals surface area contributed by atoms with Crippen LogP contribution in [0.15, 0.2) is 42.5 Å². The molecule has 0 saturated carbocycles. The van der Waals surface area contributed by atoms with Gasteiger partial charge in [-0.1, -0.05) is 18.2 Å². The van der Waals surface area contributed by atoms with Crippen LogP contribution in [-0.4, -0.2) is 19.0 Å². The van der Waals surface area contributed by atoms with Crippen LogP contribution < -0.4 is 14.8 Å². The predicted molar refractivity (Wildman–Crippen MR) is 85.7 cm³/mol. The Balaban J connectivity index is 1.70. The Morgan fingerprint density at radius 3 is 2.83 bits per heavy atom. The standard InChI is InChI=1S/C18H17NO4/c1-22-16-5-3-2-4-13(16)11-18(21)23-14-7-8-15-12(10-14)6-9-17(20)19-15/h2-5,7-8,10H,6,9,11H2,1H3,(H,19,20). The van der Waals surface area contributed by atoms with Gasteiger partial charge in [-0.15, -0.1) is 0 Å². The summed E-state index contributed by atoms with van der Waals surface area (Å²) >= 11 is 0. The third-order valence-electron chi connectivity index (χ3n) is 3.73. The molecule has 0 unspecified atom stereocenters. The molecule has 0 radical (unpaired) electrons. The van der Waals surface area contributed by atoms with Gasteiger partial charge in [0.2, 0.25) is 5.91 Å². The lowest BCUT2D eigenvalue weighted by molar-refractivity contribution is -0.133. The minimum absolute atomic E-state index is 0.0124. The van der Waals surface area contributed by atoms with Crippen LogP contribution in [-0.2, 0) is 22.4 Å². The fourth-order valence-electron chi connectivity index (χ4n) is 2.60. The third-order valence-corrected chi connectivity index (χ3v) is 3.73. The van der Waals surface area contributed by atoms with E-state index in [0.717, 1.165) is 16.8 Å². The first-order valence-electron chi connectivity index (χ1n) is 7.41. The summed E-state index contributed by atoms with van der Waals surface area (Å²) in [7, 11) is 1.57. The van der Waals surface area contributed by atoms with Crippen LogP contribution in [0, 0.1) is 0 Å². The average Bonchev–Trinajstić information content (AvgIpc) is 2.55. The van der Waals surface area contributed by atoms with Crippen molar-refractivity contribution in [3.8, 4) is 11.5 Å². The Morgan fingerprint density at radius 1 is 1.17 bits per heavy atom. The van der Waals surface area contributed by atoms with Gasteiger partial charge in [-0.05, 0) is 36.2 Å². The molecule has 0 bridgehead atoms. The molecule has 1 amide bonds. The lowest BCUT2D eigenvalue weighted by Crippen LogP contribution is -2.19. The van der Waals surface area contributed by atoms with Crippen molar-refractivity contribution in [2.24, 2.45) is 0 Å². The monoisotopic (exact) mass is 311 g/mol. The quantitative estimate of drug-likeness (QED) is 0.696. The molecule has 1 N–H and O–H groups in total. The zero-order chi connectivity index (χ0) is 16.2. The van der Waals surface area contributed by atoms with Crippen LogP contribution in [0.4, 0.5) is 5.69 Å². The number of aryl methyl sites for hydroxylation is 1. The van der Waals surface area contributed by atoms with E-state index in [9.17, 15) is 9.59 Å². The Kier molecular flexibility index (Phi) is 4.28. The van der Waals surface area contributed by atoms with Gasteiger partial charge in [0, 0.05) is 17.7 Å². The van der Waals surface area contributed by atoms with Gasteiger partial charge in [0.25, 0.3) is 0 Å². The molecular weight excluding hydrogens is 294 g/mol.